The molecule has 1 atom stereocenters. The van der Waals surface area contributed by atoms with E-state index in [1.807, 2.05) is 48.7 Å². The molecular weight excluding hydrogens is 482 g/mol. The summed E-state index contributed by atoms with van der Waals surface area (Å²) in [7, 11) is 0. The number of aromatic nitrogens is 3. The van der Waals surface area contributed by atoms with Gasteiger partial charge in [-0.3, -0.25) is 9.59 Å². The van der Waals surface area contributed by atoms with Crippen LogP contribution in [0.3, 0.4) is 0 Å². The molecule has 0 fully saturated rings. The highest BCUT2D eigenvalue weighted by Crippen LogP contribution is 2.26. The Morgan fingerprint density at radius 3 is 2.51 bits per heavy atom. The first-order chi connectivity index (χ1) is 16.9. The second-order valence-electron chi connectivity index (χ2n) is 8.29. The molecule has 184 valence electrons. The monoisotopic (exact) mass is 511 g/mol. The Hall–Kier alpha value is -3.10. The molecule has 2 N–H and O–H groups in total. The van der Waals surface area contributed by atoms with Crippen molar-refractivity contribution in [3.63, 3.8) is 0 Å². The SMILES string of the molecule is C=CCn1c(SCC(=O)NCCc2ccccc2)nnc1[C@H](NC(=O)c1ccccc1Cl)C(C)C. The number of halogens is 1. The summed E-state index contributed by atoms with van der Waals surface area (Å²) in [6.07, 6.45) is 2.51. The number of thioether (sulfide) groups is 1. The molecule has 9 heteroatoms. The van der Waals surface area contributed by atoms with Crippen molar-refractivity contribution < 1.29 is 9.59 Å². The van der Waals surface area contributed by atoms with Crippen molar-refractivity contribution in [3.05, 3.63) is 89.2 Å². The zero-order chi connectivity index (χ0) is 25.2. The molecule has 35 heavy (non-hydrogen) atoms. The van der Waals surface area contributed by atoms with Crippen molar-refractivity contribution in [1.82, 2.24) is 25.4 Å². The zero-order valence-electron chi connectivity index (χ0n) is 19.9. The van der Waals surface area contributed by atoms with Crippen LogP contribution in [0.4, 0.5) is 0 Å². The number of carbonyl (C=O) groups excluding carboxylic acids is 2. The summed E-state index contributed by atoms with van der Waals surface area (Å²) in [5, 5.41) is 15.6. The quantitative estimate of drug-likeness (QED) is 0.272. The standard InChI is InChI=1S/C26H30ClN5O2S/c1-4-16-32-24(23(18(2)3)29-25(34)20-12-8-9-13-21(20)27)30-31-26(32)35-17-22(33)28-15-14-19-10-6-5-7-11-19/h4-13,18,23H,1,14-17H2,2-3H3,(H,28,33)(H,29,34)/t23-/m1/s1. The number of carbonyl (C=O) groups is 2. The number of nitrogens with zero attached hydrogens (tertiary/aromatic N) is 3. The molecule has 7 nitrogen and oxygen atoms in total. The lowest BCUT2D eigenvalue weighted by atomic mass is 10.0. The van der Waals surface area contributed by atoms with Crippen molar-refractivity contribution in [2.24, 2.45) is 5.92 Å². The lowest BCUT2D eigenvalue weighted by Gasteiger charge is -2.23. The van der Waals surface area contributed by atoms with E-state index in [1.165, 1.54) is 17.3 Å². The van der Waals surface area contributed by atoms with Gasteiger partial charge in [0.05, 0.1) is 22.4 Å². The lowest BCUT2D eigenvalue weighted by molar-refractivity contribution is -0.118. The molecule has 3 aromatic rings. The fourth-order valence-electron chi connectivity index (χ4n) is 3.50. The lowest BCUT2D eigenvalue weighted by Crippen LogP contribution is -2.34. The molecule has 0 bridgehead atoms. The fourth-order valence-corrected chi connectivity index (χ4v) is 4.51. The van der Waals surface area contributed by atoms with Crippen molar-refractivity contribution in [3.8, 4) is 0 Å². The average Bonchev–Trinajstić information content (AvgIpc) is 3.24. The van der Waals surface area contributed by atoms with E-state index < -0.39 is 6.04 Å². The number of allylic oxidation sites excluding steroid dienone is 1. The third kappa shape index (κ3) is 7.44. The minimum Gasteiger partial charge on any atom is -0.355 e. The van der Waals surface area contributed by atoms with Gasteiger partial charge in [-0.15, -0.1) is 16.8 Å². The van der Waals surface area contributed by atoms with E-state index >= 15 is 0 Å². The molecule has 3 rings (SSSR count). The van der Waals surface area contributed by atoms with E-state index in [2.05, 4.69) is 27.4 Å². The summed E-state index contributed by atoms with van der Waals surface area (Å²) in [6, 6.07) is 16.5. The Kier molecular flexibility index (Phi) is 9.93. The topological polar surface area (TPSA) is 88.9 Å². The van der Waals surface area contributed by atoms with Crippen LogP contribution in [0.15, 0.2) is 72.4 Å². The molecule has 0 aliphatic rings. The van der Waals surface area contributed by atoms with Gasteiger partial charge in [-0.05, 0) is 30.0 Å². The van der Waals surface area contributed by atoms with Gasteiger partial charge in [0, 0.05) is 13.1 Å². The van der Waals surface area contributed by atoms with E-state index in [4.69, 9.17) is 11.6 Å². The summed E-state index contributed by atoms with van der Waals surface area (Å²) >= 11 is 7.51. The summed E-state index contributed by atoms with van der Waals surface area (Å²) < 4.78 is 1.88. The minimum atomic E-state index is -0.403. The van der Waals surface area contributed by atoms with Crippen LogP contribution in [0.2, 0.25) is 5.02 Å². The Morgan fingerprint density at radius 2 is 1.83 bits per heavy atom. The highest BCUT2D eigenvalue weighted by molar-refractivity contribution is 7.99. The summed E-state index contributed by atoms with van der Waals surface area (Å²) in [5.74, 6) is 0.491. The third-order valence-electron chi connectivity index (χ3n) is 5.32. The van der Waals surface area contributed by atoms with E-state index in [0.717, 1.165) is 6.42 Å². The molecule has 1 heterocycles. The number of rotatable bonds is 12. The first kappa shape index (κ1) is 26.5. The van der Waals surface area contributed by atoms with Gasteiger partial charge in [0.1, 0.15) is 0 Å². The molecule has 0 radical (unpaired) electrons. The summed E-state index contributed by atoms with van der Waals surface area (Å²) in [6.45, 7) is 8.85. The number of hydrogen-bond acceptors (Lipinski definition) is 5. The predicted molar refractivity (Wildman–Crippen MR) is 141 cm³/mol. The van der Waals surface area contributed by atoms with Gasteiger partial charge in [0.25, 0.3) is 5.91 Å². The molecular formula is C26H30ClN5O2S. The van der Waals surface area contributed by atoms with Gasteiger partial charge in [-0.25, -0.2) is 0 Å². The van der Waals surface area contributed by atoms with Gasteiger partial charge >= 0.3 is 0 Å². The predicted octanol–water partition coefficient (Wildman–Crippen LogP) is 4.70. The Balaban J connectivity index is 1.66. The van der Waals surface area contributed by atoms with Crippen LogP contribution in [0.1, 0.15) is 41.6 Å². The van der Waals surface area contributed by atoms with Gasteiger partial charge in [0.15, 0.2) is 11.0 Å². The normalized spacial score (nSPS) is 11.8. The number of benzene rings is 2. The maximum absolute atomic E-state index is 12.9. The largest absolute Gasteiger partial charge is 0.355 e. The van der Waals surface area contributed by atoms with Gasteiger partial charge < -0.3 is 15.2 Å². The van der Waals surface area contributed by atoms with Crippen LogP contribution in [-0.2, 0) is 17.8 Å². The number of hydrogen-bond donors (Lipinski definition) is 2. The van der Waals surface area contributed by atoms with E-state index in [9.17, 15) is 9.59 Å². The van der Waals surface area contributed by atoms with Crippen molar-refractivity contribution in [1.29, 1.82) is 0 Å². The number of amides is 2. The molecule has 0 aliphatic carbocycles. The summed E-state index contributed by atoms with van der Waals surface area (Å²) in [5.41, 5.74) is 1.57. The summed E-state index contributed by atoms with van der Waals surface area (Å²) in [4.78, 5) is 25.3. The van der Waals surface area contributed by atoms with Crippen LogP contribution in [0, 0.1) is 5.92 Å². The second kappa shape index (κ2) is 13.1. The Bertz CT molecular complexity index is 1150. The van der Waals surface area contributed by atoms with Crippen LogP contribution in [0.5, 0.6) is 0 Å². The van der Waals surface area contributed by atoms with E-state index in [1.54, 1.807) is 30.3 Å². The van der Waals surface area contributed by atoms with Crippen LogP contribution >= 0.6 is 23.4 Å². The molecule has 0 saturated carbocycles. The molecule has 0 aliphatic heterocycles. The van der Waals surface area contributed by atoms with Crippen molar-refractivity contribution in [2.75, 3.05) is 12.3 Å². The zero-order valence-corrected chi connectivity index (χ0v) is 21.5. The average molecular weight is 512 g/mol. The van der Waals surface area contributed by atoms with Gasteiger partial charge in [-0.1, -0.05) is 85.8 Å². The van der Waals surface area contributed by atoms with Crippen LogP contribution in [0.25, 0.3) is 0 Å². The molecule has 0 unspecified atom stereocenters. The Labute approximate surface area is 215 Å². The molecule has 0 spiro atoms. The van der Waals surface area contributed by atoms with Crippen molar-refractivity contribution >= 4 is 35.2 Å². The maximum atomic E-state index is 12.9. The molecule has 2 aromatic carbocycles. The van der Waals surface area contributed by atoms with E-state index in [0.29, 0.717) is 34.7 Å². The molecule has 0 saturated heterocycles. The second-order valence-corrected chi connectivity index (χ2v) is 9.64. The van der Waals surface area contributed by atoms with Crippen molar-refractivity contribution in [2.45, 2.75) is 38.0 Å². The molecule has 1 aromatic heterocycles. The highest BCUT2D eigenvalue weighted by atomic mass is 35.5. The highest BCUT2D eigenvalue weighted by Gasteiger charge is 2.27. The van der Waals surface area contributed by atoms with Gasteiger partial charge in [0.2, 0.25) is 5.91 Å². The smallest absolute Gasteiger partial charge is 0.253 e. The fraction of sp³-hybridized carbons (Fsp3) is 0.308. The Morgan fingerprint density at radius 1 is 1.11 bits per heavy atom. The first-order valence-corrected chi connectivity index (χ1v) is 12.8. The van der Waals surface area contributed by atoms with Crippen LogP contribution < -0.4 is 10.6 Å². The maximum Gasteiger partial charge on any atom is 0.253 e. The van der Waals surface area contributed by atoms with E-state index in [-0.39, 0.29) is 23.5 Å². The first-order valence-electron chi connectivity index (χ1n) is 11.4. The van der Waals surface area contributed by atoms with Crippen LogP contribution in [-0.4, -0.2) is 38.9 Å². The van der Waals surface area contributed by atoms with Gasteiger partial charge in [-0.2, -0.15) is 0 Å². The third-order valence-corrected chi connectivity index (χ3v) is 6.61. The minimum absolute atomic E-state index is 0.0355. The molecule has 2 amide bonds. The number of nitrogens with one attached hydrogen (secondary N) is 2.